The second-order valence-electron chi connectivity index (χ2n) is 11.8. The van der Waals surface area contributed by atoms with Gasteiger partial charge in [0, 0.05) is 0 Å². The van der Waals surface area contributed by atoms with Gasteiger partial charge in [-0.1, -0.05) is 32.9 Å². The molecule has 1 nitrogen and oxygen atoms in total. The van der Waals surface area contributed by atoms with Gasteiger partial charge in [0.25, 0.3) is 0 Å². The molecule has 5 saturated carbocycles. The van der Waals surface area contributed by atoms with Crippen LogP contribution in [0.2, 0.25) is 0 Å². The number of allylic oxidation sites excluding steroid dienone is 1. The molecule has 0 aromatic carbocycles. The Bertz CT molecular complexity index is 638. The van der Waals surface area contributed by atoms with E-state index in [9.17, 15) is 5.11 Å². The van der Waals surface area contributed by atoms with Gasteiger partial charge in [-0.05, 0) is 117 Å². The lowest BCUT2D eigenvalue weighted by Crippen LogP contribution is -2.56. The summed E-state index contributed by atoms with van der Waals surface area (Å²) in [5, 5.41) is 10.9. The van der Waals surface area contributed by atoms with Gasteiger partial charge < -0.3 is 5.11 Å². The molecule has 5 aliphatic rings. The summed E-state index contributed by atoms with van der Waals surface area (Å²) in [4.78, 5) is 0. The van der Waals surface area contributed by atoms with Crippen LogP contribution < -0.4 is 0 Å². The maximum Gasteiger partial charge on any atom is 0.0648 e. The molecule has 5 fully saturated rings. The number of hydrogen-bond acceptors (Lipinski definition) is 1. The Kier molecular flexibility index (Phi) is 3.55. The van der Waals surface area contributed by atoms with Crippen molar-refractivity contribution in [2.45, 2.75) is 97.5 Å². The van der Waals surface area contributed by atoms with Crippen molar-refractivity contribution in [2.75, 3.05) is 0 Å². The first kappa shape index (κ1) is 17.8. The highest BCUT2D eigenvalue weighted by atomic mass is 16.3. The van der Waals surface area contributed by atoms with Gasteiger partial charge in [-0.2, -0.15) is 0 Å². The van der Waals surface area contributed by atoms with Crippen molar-refractivity contribution in [3.05, 3.63) is 12.2 Å². The summed E-state index contributed by atoms with van der Waals surface area (Å²) in [5.41, 5.74) is 2.67. The summed E-state index contributed by atoms with van der Waals surface area (Å²) < 4.78 is 0. The zero-order valence-corrected chi connectivity index (χ0v) is 17.6. The van der Waals surface area contributed by atoms with Crippen LogP contribution in [0.5, 0.6) is 0 Å². The van der Waals surface area contributed by atoms with Crippen molar-refractivity contribution < 1.29 is 5.11 Å². The molecule has 0 spiro atoms. The quantitative estimate of drug-likeness (QED) is 0.571. The van der Waals surface area contributed by atoms with Crippen LogP contribution >= 0.6 is 0 Å². The molecule has 0 bridgehead atoms. The Morgan fingerprint density at radius 2 is 1.77 bits per heavy atom. The van der Waals surface area contributed by atoms with E-state index in [2.05, 4.69) is 34.3 Å². The number of hydrogen-bond donors (Lipinski definition) is 1. The van der Waals surface area contributed by atoms with E-state index in [1.54, 1.807) is 0 Å². The molecule has 5 aliphatic carbocycles. The van der Waals surface area contributed by atoms with Crippen molar-refractivity contribution in [2.24, 2.45) is 45.8 Å². The van der Waals surface area contributed by atoms with Crippen LogP contribution in [-0.2, 0) is 0 Å². The van der Waals surface area contributed by atoms with Crippen molar-refractivity contribution in [1.82, 2.24) is 0 Å². The first-order valence-electron chi connectivity index (χ1n) is 11.6. The lowest BCUT2D eigenvalue weighted by Gasteiger charge is -2.62. The first-order chi connectivity index (χ1) is 12.2. The predicted octanol–water partition coefficient (Wildman–Crippen LogP) is 6.36. The van der Waals surface area contributed by atoms with Crippen LogP contribution in [0.3, 0.4) is 0 Å². The molecule has 0 heterocycles. The van der Waals surface area contributed by atoms with Crippen LogP contribution in [0.4, 0.5) is 0 Å². The topological polar surface area (TPSA) is 20.2 Å². The fraction of sp³-hybridized carbons (Fsp3) is 0.920. The van der Waals surface area contributed by atoms with Gasteiger partial charge in [-0.25, -0.2) is 0 Å². The Morgan fingerprint density at radius 1 is 1.00 bits per heavy atom. The first-order valence-corrected chi connectivity index (χ1v) is 11.6. The lowest BCUT2D eigenvalue weighted by atomic mass is 9.43. The Labute approximate surface area is 161 Å². The van der Waals surface area contributed by atoms with Gasteiger partial charge in [0.05, 0.1) is 5.60 Å². The SMILES string of the molecule is C=C(C)[C@@]12CC1CC1C3CC[C@H]4C[C@](O)(CC)CC[C@]4(C)[C@H]3CC[C@@]12C. The van der Waals surface area contributed by atoms with Gasteiger partial charge in [0.1, 0.15) is 0 Å². The van der Waals surface area contributed by atoms with E-state index in [0.717, 1.165) is 48.9 Å². The Balaban J connectivity index is 1.44. The van der Waals surface area contributed by atoms with Gasteiger partial charge in [0.2, 0.25) is 0 Å². The Hall–Kier alpha value is -0.300. The predicted molar refractivity (Wildman–Crippen MR) is 108 cm³/mol. The van der Waals surface area contributed by atoms with Gasteiger partial charge in [-0.3, -0.25) is 0 Å². The van der Waals surface area contributed by atoms with Crippen LogP contribution in [0, 0.1) is 45.8 Å². The van der Waals surface area contributed by atoms with E-state index in [1.807, 2.05) is 0 Å². The molecule has 0 amide bonds. The molecule has 0 radical (unpaired) electrons. The monoisotopic (exact) mass is 356 g/mol. The van der Waals surface area contributed by atoms with Crippen molar-refractivity contribution in [1.29, 1.82) is 0 Å². The highest BCUT2D eigenvalue weighted by molar-refractivity contribution is 5.33. The highest BCUT2D eigenvalue weighted by Crippen LogP contribution is 2.82. The van der Waals surface area contributed by atoms with E-state index >= 15 is 0 Å². The molecule has 0 aromatic heterocycles. The minimum atomic E-state index is -0.362. The zero-order valence-electron chi connectivity index (χ0n) is 17.6. The van der Waals surface area contributed by atoms with E-state index in [0.29, 0.717) is 16.2 Å². The largest absolute Gasteiger partial charge is 0.390 e. The summed E-state index contributed by atoms with van der Waals surface area (Å²) >= 11 is 0. The van der Waals surface area contributed by atoms with Gasteiger partial charge >= 0.3 is 0 Å². The molecule has 0 saturated heterocycles. The Morgan fingerprint density at radius 3 is 2.46 bits per heavy atom. The molecular weight excluding hydrogens is 316 g/mol. The molecule has 5 rings (SSSR count). The maximum absolute atomic E-state index is 10.9. The molecule has 3 unspecified atom stereocenters. The molecule has 9 atom stereocenters. The third kappa shape index (κ3) is 1.92. The molecule has 26 heavy (non-hydrogen) atoms. The van der Waals surface area contributed by atoms with Gasteiger partial charge in [0.15, 0.2) is 0 Å². The van der Waals surface area contributed by atoms with Crippen molar-refractivity contribution in [3.63, 3.8) is 0 Å². The second kappa shape index (κ2) is 5.19. The normalized spacial score (nSPS) is 60.4. The third-order valence-electron chi connectivity index (χ3n) is 11.3. The summed E-state index contributed by atoms with van der Waals surface area (Å²) in [7, 11) is 0. The lowest BCUT2D eigenvalue weighted by molar-refractivity contribution is -0.154. The van der Waals surface area contributed by atoms with E-state index in [-0.39, 0.29) is 5.60 Å². The number of rotatable bonds is 2. The van der Waals surface area contributed by atoms with E-state index in [4.69, 9.17) is 0 Å². The number of aliphatic hydroxyl groups is 1. The smallest absolute Gasteiger partial charge is 0.0648 e. The molecule has 146 valence electrons. The minimum Gasteiger partial charge on any atom is -0.390 e. The van der Waals surface area contributed by atoms with Crippen LogP contribution in [0.1, 0.15) is 91.9 Å². The average Bonchev–Trinajstić information content (AvgIpc) is 3.28. The third-order valence-corrected chi connectivity index (χ3v) is 11.3. The van der Waals surface area contributed by atoms with Gasteiger partial charge in [-0.15, -0.1) is 0 Å². The van der Waals surface area contributed by atoms with Crippen LogP contribution in [0.15, 0.2) is 12.2 Å². The average molecular weight is 357 g/mol. The fourth-order valence-corrected chi connectivity index (χ4v) is 9.58. The summed E-state index contributed by atoms with van der Waals surface area (Å²) in [6.07, 6.45) is 12.9. The van der Waals surface area contributed by atoms with Crippen LogP contribution in [-0.4, -0.2) is 10.7 Å². The molecule has 0 aromatic rings. The second-order valence-corrected chi connectivity index (χ2v) is 11.8. The number of fused-ring (bicyclic) bond motifs is 7. The molecule has 0 aliphatic heterocycles. The molecular formula is C25H40O. The van der Waals surface area contributed by atoms with Crippen molar-refractivity contribution >= 4 is 0 Å². The fourth-order valence-electron chi connectivity index (χ4n) is 9.58. The zero-order chi connectivity index (χ0) is 18.5. The van der Waals surface area contributed by atoms with Crippen LogP contribution in [0.25, 0.3) is 0 Å². The summed E-state index contributed by atoms with van der Waals surface area (Å²) in [6, 6.07) is 0. The summed E-state index contributed by atoms with van der Waals surface area (Å²) in [5.74, 6) is 4.53. The summed E-state index contributed by atoms with van der Waals surface area (Å²) in [6.45, 7) is 14.2. The molecule has 1 heteroatoms. The van der Waals surface area contributed by atoms with Crippen molar-refractivity contribution in [3.8, 4) is 0 Å². The molecule has 1 N–H and O–H groups in total. The minimum absolute atomic E-state index is 0.362. The van der Waals surface area contributed by atoms with E-state index in [1.165, 1.54) is 50.5 Å². The maximum atomic E-state index is 10.9. The highest BCUT2D eigenvalue weighted by Gasteiger charge is 2.75. The van der Waals surface area contributed by atoms with E-state index < -0.39 is 0 Å². The standard InChI is InChI=1S/C25H40O/c1-6-24(26)12-11-22(4)17(14-24)7-8-19-20(22)9-10-23(5)21(19)13-18-15-25(18,23)16(2)3/h17-21,26H,2,6-15H2,1,3-5H3/t17-,18?,19?,20-,21?,22-,23-,24-,25-/m0/s1.